The number of amides is 2. The topological polar surface area (TPSA) is 53.1 Å². The number of likely N-dealkylation sites (tertiary alicyclic amines) is 2. The molecule has 3 saturated heterocycles. The van der Waals surface area contributed by atoms with E-state index in [-0.39, 0.29) is 17.4 Å². The third-order valence-electron chi connectivity index (χ3n) is 7.72. The Bertz CT molecular complexity index is 561. The maximum absolute atomic E-state index is 13.0. The lowest BCUT2D eigenvalue weighted by Crippen LogP contribution is -2.48. The zero-order chi connectivity index (χ0) is 19.6. The summed E-state index contributed by atoms with van der Waals surface area (Å²) < 4.78 is 5.39. The first-order valence-corrected chi connectivity index (χ1v) is 11.4. The molecule has 1 aliphatic carbocycles. The largest absolute Gasteiger partial charge is 0.378 e. The van der Waals surface area contributed by atoms with Gasteiger partial charge in [-0.25, -0.2) is 0 Å². The lowest BCUT2D eigenvalue weighted by atomic mass is 9.76. The molecular formula is C22H37N3O3. The summed E-state index contributed by atoms with van der Waals surface area (Å²) in [6, 6.07) is 0.00240. The summed E-state index contributed by atoms with van der Waals surface area (Å²) in [6.07, 6.45) is 10.2. The molecule has 1 unspecified atom stereocenters. The molecule has 1 spiro atoms. The number of piperidine rings is 1. The molecular weight excluding hydrogens is 354 g/mol. The minimum Gasteiger partial charge on any atom is -0.378 e. The summed E-state index contributed by atoms with van der Waals surface area (Å²) in [4.78, 5) is 32.1. The van der Waals surface area contributed by atoms with Crippen molar-refractivity contribution in [3.05, 3.63) is 0 Å². The van der Waals surface area contributed by atoms with E-state index in [0.29, 0.717) is 25.0 Å². The predicted octanol–water partition coefficient (Wildman–Crippen LogP) is 2.13. The van der Waals surface area contributed by atoms with E-state index in [1.165, 1.54) is 32.1 Å². The van der Waals surface area contributed by atoms with E-state index in [0.717, 1.165) is 58.4 Å². The molecule has 4 fully saturated rings. The first kappa shape index (κ1) is 20.1. The third-order valence-corrected chi connectivity index (χ3v) is 7.72. The zero-order valence-electron chi connectivity index (χ0n) is 17.5. The van der Waals surface area contributed by atoms with Gasteiger partial charge in [0, 0.05) is 39.1 Å². The standard InChI is InChI=1S/C22H37N3O3/c1-23-17-22(16-19(23)21(27)25-11-13-28-14-12-25)7-9-24(10-8-22)20(26)15-18-5-3-2-4-6-18/h18-19H,2-17H2,1H3. The van der Waals surface area contributed by atoms with Gasteiger partial charge in [0.2, 0.25) is 11.8 Å². The van der Waals surface area contributed by atoms with Crippen molar-refractivity contribution in [3.8, 4) is 0 Å². The van der Waals surface area contributed by atoms with Crippen molar-refractivity contribution < 1.29 is 14.3 Å². The molecule has 6 nitrogen and oxygen atoms in total. The highest BCUT2D eigenvalue weighted by atomic mass is 16.5. The smallest absolute Gasteiger partial charge is 0.240 e. The number of nitrogens with zero attached hydrogens (tertiary/aromatic N) is 3. The molecule has 6 heteroatoms. The molecule has 0 aromatic carbocycles. The molecule has 2 amide bonds. The average molecular weight is 392 g/mol. The van der Waals surface area contributed by atoms with Crippen LogP contribution in [0.25, 0.3) is 0 Å². The Morgan fingerprint density at radius 3 is 2.32 bits per heavy atom. The van der Waals surface area contributed by atoms with Crippen molar-refractivity contribution in [2.45, 2.75) is 63.8 Å². The van der Waals surface area contributed by atoms with Crippen LogP contribution in [0.3, 0.4) is 0 Å². The molecule has 0 N–H and O–H groups in total. The Kier molecular flexibility index (Phi) is 6.26. The normalized spacial score (nSPS) is 29.4. The van der Waals surface area contributed by atoms with Crippen LogP contribution in [0, 0.1) is 11.3 Å². The average Bonchev–Trinajstić information content (AvgIpc) is 3.05. The van der Waals surface area contributed by atoms with Crippen molar-refractivity contribution in [1.29, 1.82) is 0 Å². The van der Waals surface area contributed by atoms with E-state index in [9.17, 15) is 9.59 Å². The Balaban J connectivity index is 1.28. The van der Waals surface area contributed by atoms with Gasteiger partial charge in [0.1, 0.15) is 0 Å². The van der Waals surface area contributed by atoms with E-state index >= 15 is 0 Å². The monoisotopic (exact) mass is 391 g/mol. The van der Waals surface area contributed by atoms with Gasteiger partial charge in [0.05, 0.1) is 19.3 Å². The van der Waals surface area contributed by atoms with Crippen LogP contribution in [0.1, 0.15) is 57.8 Å². The second kappa shape index (κ2) is 8.70. The lowest BCUT2D eigenvalue weighted by Gasteiger charge is -2.40. The highest BCUT2D eigenvalue weighted by Crippen LogP contribution is 2.43. The molecule has 0 aromatic heterocycles. The summed E-state index contributed by atoms with van der Waals surface area (Å²) in [5.41, 5.74) is 0.211. The van der Waals surface area contributed by atoms with Crippen molar-refractivity contribution in [2.24, 2.45) is 11.3 Å². The fraction of sp³-hybridized carbons (Fsp3) is 0.909. The van der Waals surface area contributed by atoms with E-state index in [2.05, 4.69) is 16.8 Å². The summed E-state index contributed by atoms with van der Waals surface area (Å²) in [6.45, 7) is 5.49. The molecule has 28 heavy (non-hydrogen) atoms. The predicted molar refractivity (Wildman–Crippen MR) is 108 cm³/mol. The first-order chi connectivity index (χ1) is 13.6. The van der Waals surface area contributed by atoms with Crippen LogP contribution in [-0.2, 0) is 14.3 Å². The van der Waals surface area contributed by atoms with E-state index in [4.69, 9.17) is 4.74 Å². The van der Waals surface area contributed by atoms with Crippen molar-refractivity contribution in [3.63, 3.8) is 0 Å². The van der Waals surface area contributed by atoms with Crippen LogP contribution in [0.5, 0.6) is 0 Å². The molecule has 4 aliphatic rings. The van der Waals surface area contributed by atoms with Gasteiger partial charge in [0.15, 0.2) is 0 Å². The third kappa shape index (κ3) is 4.38. The maximum Gasteiger partial charge on any atom is 0.240 e. The van der Waals surface area contributed by atoms with Gasteiger partial charge in [-0.3, -0.25) is 14.5 Å². The number of hydrogen-bond donors (Lipinski definition) is 0. The minimum absolute atomic E-state index is 0.00240. The van der Waals surface area contributed by atoms with E-state index < -0.39 is 0 Å². The van der Waals surface area contributed by atoms with Crippen molar-refractivity contribution >= 4 is 11.8 Å². The second-order valence-electron chi connectivity index (χ2n) is 9.66. The number of ether oxygens (including phenoxy) is 1. The van der Waals surface area contributed by atoms with E-state index in [1.54, 1.807) is 0 Å². The number of morpholine rings is 1. The number of carbonyl (C=O) groups is 2. The summed E-state index contributed by atoms with van der Waals surface area (Å²) in [5.74, 6) is 1.26. The van der Waals surface area contributed by atoms with Crippen molar-refractivity contribution in [1.82, 2.24) is 14.7 Å². The molecule has 4 rings (SSSR count). The summed E-state index contributed by atoms with van der Waals surface area (Å²) >= 11 is 0. The van der Waals surface area contributed by atoms with Crippen LogP contribution in [-0.4, -0.2) is 85.5 Å². The molecule has 0 aromatic rings. The Hall–Kier alpha value is -1.14. The first-order valence-electron chi connectivity index (χ1n) is 11.4. The highest BCUT2D eigenvalue weighted by Gasteiger charge is 2.48. The molecule has 0 radical (unpaired) electrons. The van der Waals surface area contributed by atoms with Crippen LogP contribution in [0.4, 0.5) is 0 Å². The van der Waals surface area contributed by atoms with Crippen LogP contribution in [0.15, 0.2) is 0 Å². The van der Waals surface area contributed by atoms with Gasteiger partial charge in [0.25, 0.3) is 0 Å². The Morgan fingerprint density at radius 1 is 0.964 bits per heavy atom. The maximum atomic E-state index is 13.0. The lowest BCUT2D eigenvalue weighted by molar-refractivity contribution is -0.140. The Morgan fingerprint density at radius 2 is 1.64 bits per heavy atom. The molecule has 1 atom stereocenters. The number of rotatable bonds is 3. The number of hydrogen-bond acceptors (Lipinski definition) is 4. The second-order valence-corrected chi connectivity index (χ2v) is 9.66. The fourth-order valence-electron chi connectivity index (χ4n) is 5.90. The minimum atomic E-state index is 0.00240. The molecule has 158 valence electrons. The van der Waals surface area contributed by atoms with E-state index in [1.807, 2.05) is 4.90 Å². The number of carbonyl (C=O) groups excluding carboxylic acids is 2. The van der Waals surface area contributed by atoms with Gasteiger partial charge in [-0.1, -0.05) is 19.3 Å². The molecule has 3 aliphatic heterocycles. The van der Waals surface area contributed by atoms with Gasteiger partial charge in [-0.15, -0.1) is 0 Å². The highest BCUT2D eigenvalue weighted by molar-refractivity contribution is 5.82. The van der Waals surface area contributed by atoms with Crippen LogP contribution < -0.4 is 0 Å². The SMILES string of the molecule is CN1CC2(CCN(C(=O)CC3CCCCC3)CC2)CC1C(=O)N1CCOCC1. The van der Waals surface area contributed by atoms with Gasteiger partial charge >= 0.3 is 0 Å². The van der Waals surface area contributed by atoms with Crippen LogP contribution >= 0.6 is 0 Å². The fourth-order valence-corrected chi connectivity index (χ4v) is 5.90. The number of likely N-dealkylation sites (N-methyl/N-ethyl adjacent to an activating group) is 1. The summed E-state index contributed by atoms with van der Waals surface area (Å²) in [7, 11) is 2.10. The van der Waals surface area contributed by atoms with Crippen molar-refractivity contribution in [2.75, 3.05) is 53.0 Å². The quantitative estimate of drug-likeness (QED) is 0.740. The van der Waals surface area contributed by atoms with Gasteiger partial charge in [-0.05, 0) is 50.5 Å². The molecule has 3 heterocycles. The summed E-state index contributed by atoms with van der Waals surface area (Å²) in [5, 5.41) is 0. The Labute approximate surface area is 169 Å². The van der Waals surface area contributed by atoms with Crippen LogP contribution in [0.2, 0.25) is 0 Å². The van der Waals surface area contributed by atoms with Gasteiger partial charge in [-0.2, -0.15) is 0 Å². The molecule has 1 saturated carbocycles. The van der Waals surface area contributed by atoms with Gasteiger partial charge < -0.3 is 14.5 Å². The molecule has 0 bridgehead atoms. The zero-order valence-corrected chi connectivity index (χ0v) is 17.5.